The van der Waals surface area contributed by atoms with Crippen molar-refractivity contribution in [3.63, 3.8) is 0 Å². The number of allylic oxidation sites excluding steroid dienone is 3. The van der Waals surface area contributed by atoms with Crippen molar-refractivity contribution in [1.29, 1.82) is 0 Å². The van der Waals surface area contributed by atoms with Gasteiger partial charge in [0.05, 0.1) is 4.75 Å². The highest BCUT2D eigenvalue weighted by Gasteiger charge is 2.42. The van der Waals surface area contributed by atoms with E-state index in [1.165, 1.54) is 11.1 Å². The molecule has 1 nitrogen and oxygen atoms in total. The molecule has 0 fully saturated rings. The summed E-state index contributed by atoms with van der Waals surface area (Å²) in [6.07, 6.45) is 5.56. The van der Waals surface area contributed by atoms with Crippen molar-refractivity contribution in [3.8, 4) is 0 Å². The van der Waals surface area contributed by atoms with Gasteiger partial charge in [-0.05, 0) is 31.1 Å². The first-order valence-electron chi connectivity index (χ1n) is 8.16. The average molecular weight is 319 g/mol. The third-order valence-electron chi connectivity index (χ3n) is 4.71. The maximum Gasteiger partial charge on any atom is 0.185 e. The van der Waals surface area contributed by atoms with E-state index >= 15 is 0 Å². The second-order valence-corrected chi connectivity index (χ2v) is 10.3. The molecule has 0 amide bonds. The maximum absolute atomic E-state index is 13.0. The molecule has 2 rings (SSSR count). The lowest BCUT2D eigenvalue weighted by Crippen LogP contribution is -2.37. The Kier molecular flexibility index (Phi) is 4.32. The highest BCUT2D eigenvalue weighted by Crippen LogP contribution is 2.49. The topological polar surface area (TPSA) is 17.1 Å². The van der Waals surface area contributed by atoms with Crippen molar-refractivity contribution >= 4 is 17.5 Å². The fourth-order valence-electron chi connectivity index (χ4n) is 3.09. The number of hydrogen-bond acceptors (Lipinski definition) is 2. The van der Waals surface area contributed by atoms with Crippen LogP contribution in [0.25, 0.3) is 0 Å². The van der Waals surface area contributed by atoms with Gasteiger partial charge >= 0.3 is 0 Å². The van der Waals surface area contributed by atoms with Crippen LogP contribution in [0.5, 0.6) is 0 Å². The molecule has 1 aliphatic carbocycles. The zero-order chi connectivity index (χ0) is 16.9. The highest BCUT2D eigenvalue weighted by atomic mass is 32.2. The van der Waals surface area contributed by atoms with Gasteiger partial charge in [-0.15, -0.1) is 11.8 Å². The first-order valence-corrected chi connectivity index (χ1v) is 9.15. The van der Waals surface area contributed by atoms with Gasteiger partial charge in [-0.1, -0.05) is 64.8 Å². The van der Waals surface area contributed by atoms with E-state index in [4.69, 9.17) is 0 Å². The lowest BCUT2D eigenvalue weighted by atomic mass is 9.69. The smallest absolute Gasteiger partial charge is 0.185 e. The van der Waals surface area contributed by atoms with E-state index in [-0.39, 0.29) is 21.4 Å². The van der Waals surface area contributed by atoms with E-state index in [1.54, 1.807) is 0 Å². The summed E-state index contributed by atoms with van der Waals surface area (Å²) >= 11 is 1.98. The van der Waals surface area contributed by atoms with Crippen LogP contribution in [-0.2, 0) is 4.79 Å². The summed E-state index contributed by atoms with van der Waals surface area (Å²) in [7, 11) is 0. The molecule has 0 bridgehead atoms. The molecule has 2 aliphatic rings. The Morgan fingerprint density at radius 1 is 0.909 bits per heavy atom. The fraction of sp³-hybridized carbons (Fsp3) is 0.650. The Morgan fingerprint density at radius 3 is 1.73 bits per heavy atom. The minimum Gasteiger partial charge on any atom is -0.289 e. The van der Waals surface area contributed by atoms with Gasteiger partial charge < -0.3 is 0 Å². The van der Waals surface area contributed by atoms with Crippen LogP contribution in [0.15, 0.2) is 34.4 Å². The third kappa shape index (κ3) is 3.27. The van der Waals surface area contributed by atoms with Gasteiger partial charge in [-0.25, -0.2) is 0 Å². The van der Waals surface area contributed by atoms with Gasteiger partial charge in [0.15, 0.2) is 5.78 Å². The first-order chi connectivity index (χ1) is 9.86. The summed E-state index contributed by atoms with van der Waals surface area (Å²) in [5.74, 6) is 1.30. The van der Waals surface area contributed by atoms with Crippen LogP contribution in [0.3, 0.4) is 0 Å². The van der Waals surface area contributed by atoms with E-state index in [2.05, 4.69) is 67.5 Å². The van der Waals surface area contributed by atoms with E-state index in [9.17, 15) is 4.79 Å². The van der Waals surface area contributed by atoms with Gasteiger partial charge in [-0.3, -0.25) is 4.79 Å². The molecule has 1 aliphatic heterocycles. The lowest BCUT2D eigenvalue weighted by molar-refractivity contribution is -0.114. The molecule has 2 heteroatoms. The largest absolute Gasteiger partial charge is 0.289 e. The number of thioether (sulfide) groups is 1. The Balaban J connectivity index is 2.60. The Morgan fingerprint density at radius 2 is 1.36 bits per heavy atom. The van der Waals surface area contributed by atoms with E-state index < -0.39 is 0 Å². The predicted molar refractivity (Wildman–Crippen MR) is 98.3 cm³/mol. The van der Waals surface area contributed by atoms with Crippen molar-refractivity contribution in [2.24, 2.45) is 10.8 Å². The van der Waals surface area contributed by atoms with Crippen LogP contribution < -0.4 is 0 Å². The number of Topliss-reactive ketones (excluding diaryl/α,β-unsaturated/α-hetero) is 1. The fourth-order valence-corrected chi connectivity index (χ4v) is 4.54. The summed E-state index contributed by atoms with van der Waals surface area (Å²) in [6.45, 7) is 17.4. The molecule has 0 aromatic carbocycles. The van der Waals surface area contributed by atoms with Crippen LogP contribution in [0.4, 0.5) is 0 Å². The van der Waals surface area contributed by atoms with Crippen molar-refractivity contribution in [1.82, 2.24) is 0 Å². The molecule has 0 saturated heterocycles. The Labute approximate surface area is 140 Å². The van der Waals surface area contributed by atoms with Gasteiger partial charge in [0, 0.05) is 16.9 Å². The second kappa shape index (κ2) is 5.40. The minimum atomic E-state index is -0.112. The van der Waals surface area contributed by atoms with Gasteiger partial charge in [0.1, 0.15) is 0 Å². The van der Waals surface area contributed by atoms with Crippen molar-refractivity contribution < 1.29 is 4.79 Å². The summed E-state index contributed by atoms with van der Waals surface area (Å²) in [4.78, 5) is 13.0. The molecule has 0 N–H and O–H groups in total. The summed E-state index contributed by atoms with van der Waals surface area (Å²) in [6, 6.07) is 0. The number of ketones is 1. The molecule has 0 aromatic rings. The molecular weight excluding hydrogens is 288 g/mol. The van der Waals surface area contributed by atoms with Crippen LogP contribution in [-0.4, -0.2) is 16.3 Å². The summed E-state index contributed by atoms with van der Waals surface area (Å²) < 4.78 is -0.0390. The molecule has 0 aromatic heterocycles. The molecule has 1 spiro atoms. The average Bonchev–Trinajstić information content (AvgIpc) is 2.34. The second-order valence-electron chi connectivity index (χ2n) is 8.93. The van der Waals surface area contributed by atoms with Crippen molar-refractivity contribution in [2.45, 2.75) is 66.6 Å². The molecule has 0 radical (unpaired) electrons. The zero-order valence-electron chi connectivity index (χ0n) is 15.4. The van der Waals surface area contributed by atoms with Crippen LogP contribution >= 0.6 is 11.8 Å². The summed E-state index contributed by atoms with van der Waals surface area (Å²) in [5, 5.41) is 0. The molecule has 122 valence electrons. The number of hydrogen-bond donors (Lipinski definition) is 0. The Hall–Kier alpha value is -0.760. The molecular formula is C20H30OS. The number of carbonyl (C=O) groups is 1. The SMILES string of the molecule is CC1=C(C)CC2(C=C(C(C)(C)C)C(=O)C(C(C)(C)C)=C2)SC1. The van der Waals surface area contributed by atoms with Crippen molar-refractivity contribution in [3.05, 3.63) is 34.4 Å². The predicted octanol–water partition coefficient (Wildman–Crippen LogP) is 5.73. The van der Waals surface area contributed by atoms with Gasteiger partial charge in [0.2, 0.25) is 0 Å². The van der Waals surface area contributed by atoms with Crippen molar-refractivity contribution in [2.75, 3.05) is 5.75 Å². The highest BCUT2D eigenvalue weighted by molar-refractivity contribution is 8.01. The van der Waals surface area contributed by atoms with E-state index in [1.807, 2.05) is 11.8 Å². The first kappa shape index (κ1) is 17.6. The normalized spacial score (nSPS) is 22.8. The van der Waals surface area contributed by atoms with Gasteiger partial charge in [0.25, 0.3) is 0 Å². The molecule has 0 saturated carbocycles. The number of rotatable bonds is 0. The molecule has 1 heterocycles. The molecule has 0 unspecified atom stereocenters. The lowest BCUT2D eigenvalue weighted by Gasteiger charge is -2.41. The number of carbonyl (C=O) groups excluding carboxylic acids is 1. The third-order valence-corrected chi connectivity index (χ3v) is 6.20. The Bertz CT molecular complexity index is 554. The van der Waals surface area contributed by atoms with Crippen LogP contribution in [0, 0.1) is 10.8 Å². The van der Waals surface area contributed by atoms with Gasteiger partial charge in [-0.2, -0.15) is 0 Å². The monoisotopic (exact) mass is 318 g/mol. The molecule has 0 atom stereocenters. The van der Waals surface area contributed by atoms with E-state index in [0.29, 0.717) is 0 Å². The van der Waals surface area contributed by atoms with E-state index in [0.717, 1.165) is 23.3 Å². The van der Waals surface area contributed by atoms with Crippen LogP contribution in [0.2, 0.25) is 0 Å². The molecule has 22 heavy (non-hydrogen) atoms. The summed E-state index contributed by atoms with van der Waals surface area (Å²) in [5.41, 5.74) is 4.71. The quantitative estimate of drug-likeness (QED) is 0.531. The standard InChI is InChI=1S/C20H30OS/c1-13-9-20(22-12-14(13)2)10-15(18(3,4)5)17(21)16(11-20)19(6,7)8/h10-11H,9,12H2,1-8H3. The zero-order valence-corrected chi connectivity index (χ0v) is 16.2. The van der Waals surface area contributed by atoms with Crippen LogP contribution in [0.1, 0.15) is 61.8 Å². The maximum atomic E-state index is 13.0. The minimum absolute atomic E-state index is 0.0390.